The molecule has 20 heavy (non-hydrogen) atoms. The molecule has 1 saturated heterocycles. The molecule has 0 spiro atoms. The Bertz CT molecular complexity index is 454. The molecule has 0 aliphatic carbocycles. The van der Waals surface area contributed by atoms with Gasteiger partial charge in [-0.2, -0.15) is 0 Å². The number of benzene rings is 1. The van der Waals surface area contributed by atoms with Crippen molar-refractivity contribution < 1.29 is 4.74 Å². The van der Waals surface area contributed by atoms with Crippen molar-refractivity contribution in [3.63, 3.8) is 0 Å². The fraction of sp³-hybridized carbons (Fsp3) is 0.600. The minimum Gasteiger partial charge on any atom is -0.495 e. The van der Waals surface area contributed by atoms with E-state index in [9.17, 15) is 0 Å². The van der Waals surface area contributed by atoms with E-state index in [1.54, 1.807) is 7.11 Å². The average molecular weight is 406 g/mol. The third kappa shape index (κ3) is 3.89. The average Bonchev–Trinajstić information content (AvgIpc) is 2.45. The Balaban J connectivity index is 2.14. The summed E-state index contributed by atoms with van der Waals surface area (Å²) < 4.78 is 7.51. The van der Waals surface area contributed by atoms with Gasteiger partial charge in [0.1, 0.15) is 5.75 Å². The Labute approximate surface area is 138 Å². The fourth-order valence-electron chi connectivity index (χ4n) is 2.63. The number of rotatable bonds is 5. The van der Waals surface area contributed by atoms with Gasteiger partial charge in [-0.15, -0.1) is 0 Å². The number of ether oxygens (including phenoxy) is 1. The molecule has 1 aromatic carbocycles. The summed E-state index contributed by atoms with van der Waals surface area (Å²) in [7, 11) is 1.71. The Kier molecular flexibility index (Phi) is 6.18. The van der Waals surface area contributed by atoms with Gasteiger partial charge in [-0.25, -0.2) is 0 Å². The van der Waals surface area contributed by atoms with Crippen LogP contribution in [0.4, 0.5) is 5.69 Å². The van der Waals surface area contributed by atoms with Gasteiger partial charge in [0, 0.05) is 29.7 Å². The molecule has 1 heterocycles. The molecule has 1 atom stereocenters. The molecule has 3 nitrogen and oxygen atoms in total. The first-order chi connectivity index (χ1) is 9.65. The highest BCUT2D eigenvalue weighted by atomic mass is 79.9. The summed E-state index contributed by atoms with van der Waals surface area (Å²) in [5, 5.41) is 3.63. The van der Waals surface area contributed by atoms with Gasteiger partial charge in [0.2, 0.25) is 0 Å². The van der Waals surface area contributed by atoms with Crippen molar-refractivity contribution in [1.82, 2.24) is 5.32 Å². The van der Waals surface area contributed by atoms with Gasteiger partial charge < -0.3 is 15.0 Å². The van der Waals surface area contributed by atoms with E-state index in [4.69, 9.17) is 4.74 Å². The van der Waals surface area contributed by atoms with Crippen LogP contribution in [0.3, 0.4) is 0 Å². The zero-order chi connectivity index (χ0) is 14.5. The van der Waals surface area contributed by atoms with Crippen LogP contribution in [0.5, 0.6) is 5.75 Å². The zero-order valence-electron chi connectivity index (χ0n) is 12.1. The third-order valence-electron chi connectivity index (χ3n) is 3.67. The number of nitrogens with one attached hydrogen (secondary N) is 1. The van der Waals surface area contributed by atoms with Crippen molar-refractivity contribution in [1.29, 1.82) is 0 Å². The van der Waals surface area contributed by atoms with E-state index in [-0.39, 0.29) is 0 Å². The molecular formula is C15H22Br2N2O. The molecular weight excluding hydrogens is 384 g/mol. The first-order valence-electron chi connectivity index (χ1n) is 7.17. The molecule has 1 aromatic rings. The largest absolute Gasteiger partial charge is 0.495 e. The molecule has 0 amide bonds. The van der Waals surface area contributed by atoms with Crippen molar-refractivity contribution in [2.45, 2.75) is 32.2 Å². The van der Waals surface area contributed by atoms with Crippen molar-refractivity contribution in [3.05, 3.63) is 21.1 Å². The summed E-state index contributed by atoms with van der Waals surface area (Å²) in [5.74, 6) is 0.881. The van der Waals surface area contributed by atoms with Gasteiger partial charge in [0.15, 0.2) is 0 Å². The molecule has 1 fully saturated rings. The van der Waals surface area contributed by atoms with Crippen molar-refractivity contribution in [2.75, 3.05) is 31.6 Å². The second kappa shape index (κ2) is 7.66. The number of halogens is 2. The minimum atomic E-state index is 0.588. The lowest BCUT2D eigenvalue weighted by Crippen LogP contribution is -2.46. The topological polar surface area (TPSA) is 24.5 Å². The quantitative estimate of drug-likeness (QED) is 0.794. The standard InChI is InChI=1S/C15H22Br2N2O/c1-3-6-18-11-5-4-7-19(10-11)14-9-15(20-2)13(17)8-12(14)16/h8-9,11,18H,3-7,10H2,1-2H3. The first kappa shape index (κ1) is 16.1. The number of nitrogens with zero attached hydrogens (tertiary/aromatic N) is 1. The number of hydrogen-bond acceptors (Lipinski definition) is 3. The number of anilines is 1. The van der Waals surface area contributed by atoms with E-state index >= 15 is 0 Å². The molecule has 0 aromatic heterocycles. The third-order valence-corrected chi connectivity index (χ3v) is 4.92. The molecule has 1 N–H and O–H groups in total. The van der Waals surface area contributed by atoms with Gasteiger partial charge in [-0.1, -0.05) is 6.92 Å². The number of piperidine rings is 1. The molecule has 0 saturated carbocycles. The van der Waals surface area contributed by atoms with Crippen molar-refractivity contribution >= 4 is 37.5 Å². The SMILES string of the molecule is CCCNC1CCCN(c2cc(OC)c(Br)cc2Br)C1. The van der Waals surface area contributed by atoms with Gasteiger partial charge in [-0.05, 0) is 63.7 Å². The summed E-state index contributed by atoms with van der Waals surface area (Å²) in [6.45, 7) is 5.48. The molecule has 5 heteroatoms. The highest BCUT2D eigenvalue weighted by molar-refractivity contribution is 9.11. The lowest BCUT2D eigenvalue weighted by molar-refractivity contribution is 0.409. The van der Waals surface area contributed by atoms with E-state index in [1.807, 2.05) is 0 Å². The predicted molar refractivity (Wildman–Crippen MR) is 91.9 cm³/mol. The van der Waals surface area contributed by atoms with Crippen LogP contribution in [0.2, 0.25) is 0 Å². The maximum atomic E-state index is 5.41. The van der Waals surface area contributed by atoms with Crippen LogP contribution in [0.15, 0.2) is 21.1 Å². The molecule has 1 aliphatic heterocycles. The fourth-order valence-corrected chi connectivity index (χ4v) is 4.03. The molecule has 1 aliphatic rings. The molecule has 0 radical (unpaired) electrons. The van der Waals surface area contributed by atoms with E-state index in [2.05, 4.69) is 61.1 Å². The molecule has 0 bridgehead atoms. The van der Waals surface area contributed by atoms with Crippen LogP contribution < -0.4 is 15.0 Å². The maximum Gasteiger partial charge on any atom is 0.135 e. The van der Waals surface area contributed by atoms with Crippen LogP contribution in [0.1, 0.15) is 26.2 Å². The second-order valence-electron chi connectivity index (χ2n) is 5.18. The van der Waals surface area contributed by atoms with Crippen molar-refractivity contribution in [3.8, 4) is 5.75 Å². The van der Waals surface area contributed by atoms with Gasteiger partial charge in [0.05, 0.1) is 17.3 Å². The summed E-state index contributed by atoms with van der Waals surface area (Å²) >= 11 is 7.20. The van der Waals surface area contributed by atoms with E-state index in [0.29, 0.717) is 6.04 Å². The summed E-state index contributed by atoms with van der Waals surface area (Å²) in [4.78, 5) is 2.44. The van der Waals surface area contributed by atoms with E-state index < -0.39 is 0 Å². The van der Waals surface area contributed by atoms with Gasteiger partial charge >= 0.3 is 0 Å². The van der Waals surface area contributed by atoms with E-state index in [1.165, 1.54) is 24.9 Å². The van der Waals surface area contributed by atoms with Crippen LogP contribution in [0.25, 0.3) is 0 Å². The second-order valence-corrected chi connectivity index (χ2v) is 6.89. The van der Waals surface area contributed by atoms with Crippen LogP contribution in [-0.4, -0.2) is 32.8 Å². The smallest absolute Gasteiger partial charge is 0.135 e. The molecule has 1 unspecified atom stereocenters. The van der Waals surface area contributed by atoms with Crippen LogP contribution in [0, 0.1) is 0 Å². The van der Waals surface area contributed by atoms with Gasteiger partial charge in [0.25, 0.3) is 0 Å². The predicted octanol–water partition coefficient (Wildman–Crippen LogP) is 4.19. The summed E-state index contributed by atoms with van der Waals surface area (Å²) in [6, 6.07) is 4.76. The van der Waals surface area contributed by atoms with Crippen LogP contribution >= 0.6 is 31.9 Å². The number of methoxy groups -OCH3 is 1. The Morgan fingerprint density at radius 1 is 1.35 bits per heavy atom. The normalized spacial score (nSPS) is 19.2. The highest BCUT2D eigenvalue weighted by Crippen LogP contribution is 2.37. The Morgan fingerprint density at radius 2 is 2.15 bits per heavy atom. The molecule has 2 rings (SSSR count). The van der Waals surface area contributed by atoms with Crippen molar-refractivity contribution in [2.24, 2.45) is 0 Å². The minimum absolute atomic E-state index is 0.588. The Morgan fingerprint density at radius 3 is 2.85 bits per heavy atom. The van der Waals surface area contributed by atoms with E-state index in [0.717, 1.165) is 34.3 Å². The van der Waals surface area contributed by atoms with Crippen LogP contribution in [-0.2, 0) is 0 Å². The lowest BCUT2D eigenvalue weighted by Gasteiger charge is -2.35. The molecule has 112 valence electrons. The summed E-state index contributed by atoms with van der Waals surface area (Å²) in [6.07, 6.45) is 3.68. The highest BCUT2D eigenvalue weighted by Gasteiger charge is 2.22. The van der Waals surface area contributed by atoms with Gasteiger partial charge in [-0.3, -0.25) is 0 Å². The summed E-state index contributed by atoms with van der Waals surface area (Å²) in [5.41, 5.74) is 1.22. The monoisotopic (exact) mass is 404 g/mol. The maximum absolute atomic E-state index is 5.41. The lowest BCUT2D eigenvalue weighted by atomic mass is 10.0. The number of hydrogen-bond donors (Lipinski definition) is 1. The Hall–Kier alpha value is -0.260. The zero-order valence-corrected chi connectivity index (χ0v) is 15.3. The first-order valence-corrected chi connectivity index (χ1v) is 8.75.